The van der Waals surface area contributed by atoms with Crippen LogP contribution in [0.5, 0.6) is 0 Å². The fourth-order valence-corrected chi connectivity index (χ4v) is 5.20. The molecule has 0 spiro atoms. The monoisotopic (exact) mass is 469 g/mol. The molecule has 0 aromatic heterocycles. The van der Waals surface area contributed by atoms with Gasteiger partial charge in [0.15, 0.2) is 0 Å². The van der Waals surface area contributed by atoms with Crippen molar-refractivity contribution in [3.63, 3.8) is 0 Å². The third kappa shape index (κ3) is 4.95. The average Bonchev–Trinajstić information content (AvgIpc) is 3.43. The number of carboxylic acids is 1. The summed E-state index contributed by atoms with van der Waals surface area (Å²) >= 11 is 1.34. The van der Waals surface area contributed by atoms with E-state index in [1.807, 2.05) is 48.5 Å². The number of alkyl carbamates (subject to hydrolysis) is 1. The van der Waals surface area contributed by atoms with Gasteiger partial charge in [-0.25, -0.2) is 9.59 Å². The second-order valence-electron chi connectivity index (χ2n) is 7.67. The lowest BCUT2D eigenvalue weighted by molar-refractivity contribution is -0.147. The summed E-state index contributed by atoms with van der Waals surface area (Å²) in [5.41, 5.74) is 4.41. The summed E-state index contributed by atoms with van der Waals surface area (Å²) in [6, 6.07) is 15.1. The Hall–Kier alpha value is -3.53. The normalized spacial score (nSPS) is 16.6. The molecule has 2 aliphatic rings. The first kappa shape index (κ1) is 22.7. The van der Waals surface area contributed by atoms with Crippen molar-refractivity contribution >= 4 is 35.6 Å². The molecule has 1 heterocycles. The van der Waals surface area contributed by atoms with E-state index in [1.54, 1.807) is 0 Å². The van der Waals surface area contributed by atoms with Crippen molar-refractivity contribution in [1.29, 1.82) is 0 Å². The van der Waals surface area contributed by atoms with Gasteiger partial charge in [0.2, 0.25) is 11.8 Å². The van der Waals surface area contributed by atoms with Crippen LogP contribution in [-0.2, 0) is 19.1 Å². The molecule has 10 heteroatoms. The first-order chi connectivity index (χ1) is 16.0. The molecule has 3 N–H and O–H groups in total. The Bertz CT molecular complexity index is 1050. The first-order valence-corrected chi connectivity index (χ1v) is 11.6. The number of carboxylic acid groups (broad SMARTS) is 1. The lowest BCUT2D eigenvalue weighted by Crippen LogP contribution is -2.47. The number of amides is 3. The van der Waals surface area contributed by atoms with Crippen LogP contribution in [0.15, 0.2) is 48.5 Å². The standard InChI is InChI=1S/C23H23N3O6S/c27-20(24-10-21(28)26-13-33-12-19(26)22(29)30)9-25-23(31)32-11-18-16-7-3-1-5-14(16)15-6-2-4-8-17(15)18/h1-8,18-19H,9-13H2,(H,24,27)(H,25,31)(H,29,30)/t19-/m0/s1. The highest BCUT2D eigenvalue weighted by Crippen LogP contribution is 2.44. The van der Waals surface area contributed by atoms with Crippen molar-refractivity contribution in [1.82, 2.24) is 15.5 Å². The zero-order valence-corrected chi connectivity index (χ0v) is 18.5. The van der Waals surface area contributed by atoms with Crippen molar-refractivity contribution in [2.75, 3.05) is 31.3 Å². The third-order valence-corrected chi connectivity index (χ3v) is 6.67. The summed E-state index contributed by atoms with van der Waals surface area (Å²) in [5.74, 6) is -1.63. The van der Waals surface area contributed by atoms with Gasteiger partial charge in [0.25, 0.3) is 0 Å². The van der Waals surface area contributed by atoms with Crippen LogP contribution in [-0.4, -0.2) is 71.3 Å². The molecule has 0 saturated carbocycles. The highest BCUT2D eigenvalue weighted by atomic mass is 32.2. The van der Waals surface area contributed by atoms with Crippen LogP contribution >= 0.6 is 11.8 Å². The topological polar surface area (TPSA) is 125 Å². The van der Waals surface area contributed by atoms with E-state index in [0.29, 0.717) is 5.75 Å². The Balaban J connectivity index is 1.23. The van der Waals surface area contributed by atoms with Crippen molar-refractivity contribution in [3.8, 4) is 11.1 Å². The highest BCUT2D eigenvalue weighted by Gasteiger charge is 2.34. The van der Waals surface area contributed by atoms with Crippen molar-refractivity contribution in [3.05, 3.63) is 59.7 Å². The first-order valence-electron chi connectivity index (χ1n) is 10.4. The van der Waals surface area contributed by atoms with Gasteiger partial charge in [0.05, 0.1) is 12.4 Å². The third-order valence-electron chi connectivity index (χ3n) is 5.66. The quantitative estimate of drug-likeness (QED) is 0.563. The van der Waals surface area contributed by atoms with E-state index in [0.717, 1.165) is 22.3 Å². The van der Waals surface area contributed by atoms with E-state index in [-0.39, 0.29) is 31.5 Å². The molecule has 2 aromatic rings. The number of rotatable bonds is 7. The predicted octanol–water partition coefficient (Wildman–Crippen LogP) is 1.63. The zero-order valence-electron chi connectivity index (χ0n) is 17.7. The number of ether oxygens (including phenoxy) is 1. The molecule has 172 valence electrons. The highest BCUT2D eigenvalue weighted by molar-refractivity contribution is 7.99. The summed E-state index contributed by atoms with van der Waals surface area (Å²) < 4.78 is 5.36. The SMILES string of the molecule is O=C(CNC(=O)OCC1c2ccccc2-c2ccccc21)NCC(=O)N1CSC[C@H]1C(=O)O. The van der Waals surface area contributed by atoms with E-state index in [9.17, 15) is 19.2 Å². The maximum absolute atomic E-state index is 12.2. The van der Waals surface area contributed by atoms with Crippen LogP contribution in [0, 0.1) is 0 Å². The molecule has 1 aliphatic carbocycles. The minimum atomic E-state index is -1.07. The van der Waals surface area contributed by atoms with Crippen molar-refractivity contribution in [2.45, 2.75) is 12.0 Å². The predicted molar refractivity (Wildman–Crippen MR) is 122 cm³/mol. The molecule has 4 rings (SSSR count). The lowest BCUT2D eigenvalue weighted by atomic mass is 9.98. The minimum Gasteiger partial charge on any atom is -0.480 e. The van der Waals surface area contributed by atoms with E-state index < -0.39 is 29.9 Å². The van der Waals surface area contributed by atoms with Gasteiger partial charge < -0.3 is 25.4 Å². The number of hydrogen-bond acceptors (Lipinski definition) is 6. The maximum atomic E-state index is 12.2. The van der Waals surface area contributed by atoms with Gasteiger partial charge in [0, 0.05) is 11.7 Å². The van der Waals surface area contributed by atoms with Gasteiger partial charge in [-0.3, -0.25) is 9.59 Å². The van der Waals surface area contributed by atoms with E-state index in [4.69, 9.17) is 9.84 Å². The molecule has 0 bridgehead atoms. The van der Waals surface area contributed by atoms with Crippen LogP contribution < -0.4 is 10.6 Å². The fraction of sp³-hybridized carbons (Fsp3) is 0.304. The van der Waals surface area contributed by atoms with Gasteiger partial charge >= 0.3 is 12.1 Å². The second-order valence-corrected chi connectivity index (χ2v) is 8.67. The van der Waals surface area contributed by atoms with E-state index in [1.165, 1.54) is 16.7 Å². The summed E-state index contributed by atoms with van der Waals surface area (Å²) in [7, 11) is 0. The Labute approximate surface area is 194 Å². The largest absolute Gasteiger partial charge is 0.480 e. The molecular formula is C23H23N3O6S. The lowest BCUT2D eigenvalue weighted by Gasteiger charge is -2.20. The van der Waals surface area contributed by atoms with Crippen LogP contribution in [0.4, 0.5) is 4.79 Å². The van der Waals surface area contributed by atoms with Gasteiger partial charge in [-0.05, 0) is 22.3 Å². The van der Waals surface area contributed by atoms with Crippen molar-refractivity contribution in [2.24, 2.45) is 0 Å². The number of carbonyl (C=O) groups excluding carboxylic acids is 3. The molecule has 1 fully saturated rings. The number of thioether (sulfide) groups is 1. The molecule has 33 heavy (non-hydrogen) atoms. The number of nitrogens with one attached hydrogen (secondary N) is 2. The molecule has 3 amide bonds. The summed E-state index contributed by atoms with van der Waals surface area (Å²) in [4.78, 5) is 48.7. The molecule has 1 saturated heterocycles. The van der Waals surface area contributed by atoms with Gasteiger partial charge in [0.1, 0.15) is 19.2 Å². The summed E-state index contributed by atoms with van der Waals surface area (Å²) in [6.45, 7) is -0.570. The number of benzene rings is 2. The summed E-state index contributed by atoms with van der Waals surface area (Å²) in [6.07, 6.45) is -0.736. The number of hydrogen-bond donors (Lipinski definition) is 3. The van der Waals surface area contributed by atoms with E-state index in [2.05, 4.69) is 10.6 Å². The zero-order chi connectivity index (χ0) is 23.4. The summed E-state index contributed by atoms with van der Waals surface area (Å²) in [5, 5.41) is 13.9. The number of aliphatic carboxylic acids is 1. The van der Waals surface area contributed by atoms with Gasteiger partial charge in [-0.2, -0.15) is 0 Å². The number of fused-ring (bicyclic) bond motifs is 3. The maximum Gasteiger partial charge on any atom is 0.407 e. The fourth-order valence-electron chi connectivity index (χ4n) is 4.03. The van der Waals surface area contributed by atoms with Crippen LogP contribution in [0.1, 0.15) is 17.0 Å². The Morgan fingerprint density at radius 1 is 0.970 bits per heavy atom. The van der Waals surface area contributed by atoms with Gasteiger partial charge in [-0.15, -0.1) is 11.8 Å². The molecule has 0 unspecified atom stereocenters. The Morgan fingerprint density at radius 2 is 1.61 bits per heavy atom. The van der Waals surface area contributed by atoms with Crippen molar-refractivity contribution < 1.29 is 29.0 Å². The molecule has 9 nitrogen and oxygen atoms in total. The Morgan fingerprint density at radius 3 is 2.24 bits per heavy atom. The smallest absolute Gasteiger partial charge is 0.407 e. The van der Waals surface area contributed by atoms with Crippen LogP contribution in [0.2, 0.25) is 0 Å². The van der Waals surface area contributed by atoms with Crippen LogP contribution in [0.3, 0.4) is 0 Å². The molecule has 2 aromatic carbocycles. The average molecular weight is 470 g/mol. The molecule has 1 atom stereocenters. The Kier molecular flexibility index (Phi) is 6.83. The second kappa shape index (κ2) is 9.95. The molecule has 1 aliphatic heterocycles. The number of carbonyl (C=O) groups is 4. The minimum absolute atomic E-state index is 0.0879. The van der Waals surface area contributed by atoms with Gasteiger partial charge in [-0.1, -0.05) is 48.5 Å². The van der Waals surface area contributed by atoms with Crippen LogP contribution in [0.25, 0.3) is 11.1 Å². The number of nitrogens with zero attached hydrogens (tertiary/aromatic N) is 1. The molecule has 0 radical (unpaired) electrons. The van der Waals surface area contributed by atoms with E-state index >= 15 is 0 Å². The molecular weight excluding hydrogens is 446 g/mol.